The zero-order valence-electron chi connectivity index (χ0n) is 17.0. The van der Waals surface area contributed by atoms with Crippen LogP contribution in [0.15, 0.2) is 42.5 Å². The molecule has 5 heteroatoms. The van der Waals surface area contributed by atoms with Crippen LogP contribution in [0, 0.1) is 11.3 Å². The lowest BCUT2D eigenvalue weighted by molar-refractivity contribution is -0.133. The molecule has 5 nitrogen and oxygen atoms in total. The number of nitriles is 1. The van der Waals surface area contributed by atoms with Crippen LogP contribution in [0.5, 0.6) is 0 Å². The van der Waals surface area contributed by atoms with Crippen molar-refractivity contribution >= 4 is 11.6 Å². The lowest BCUT2D eigenvalue weighted by Crippen LogP contribution is -2.47. The van der Waals surface area contributed by atoms with Crippen LogP contribution >= 0.6 is 0 Å². The molecule has 2 aliphatic rings. The van der Waals surface area contributed by atoms with Crippen molar-refractivity contribution in [1.82, 2.24) is 4.90 Å². The van der Waals surface area contributed by atoms with Crippen LogP contribution < -0.4 is 4.90 Å². The fourth-order valence-electron chi connectivity index (χ4n) is 4.39. The second kappa shape index (κ2) is 7.88. The van der Waals surface area contributed by atoms with Crippen molar-refractivity contribution in [3.05, 3.63) is 64.7 Å². The topological polar surface area (TPSA) is 67.6 Å². The zero-order valence-corrected chi connectivity index (χ0v) is 17.0. The molecule has 150 valence electrons. The third-order valence-electron chi connectivity index (χ3n) is 6.11. The Balaban J connectivity index is 1.52. The van der Waals surface area contributed by atoms with Crippen molar-refractivity contribution in [2.45, 2.75) is 51.3 Å². The maximum atomic E-state index is 13.4. The highest BCUT2D eigenvalue weighted by Gasteiger charge is 2.39. The maximum absolute atomic E-state index is 13.4. The SMILES string of the molecule is CC(C)c1ccc2c(c1)CCN(C(=O)C1CC(O)CN1c1ccc(C#N)cc1)C2. The van der Waals surface area contributed by atoms with Gasteiger partial charge in [0.25, 0.3) is 0 Å². The minimum absolute atomic E-state index is 0.0736. The van der Waals surface area contributed by atoms with E-state index in [0.717, 1.165) is 12.1 Å². The van der Waals surface area contributed by atoms with Gasteiger partial charge in [0.1, 0.15) is 6.04 Å². The first kappa shape index (κ1) is 19.5. The molecule has 4 rings (SSSR count). The van der Waals surface area contributed by atoms with Crippen LogP contribution in [0.4, 0.5) is 5.69 Å². The fourth-order valence-corrected chi connectivity index (χ4v) is 4.39. The Morgan fingerprint density at radius 1 is 1.17 bits per heavy atom. The molecule has 2 aromatic rings. The molecule has 1 amide bonds. The van der Waals surface area contributed by atoms with E-state index in [2.05, 4.69) is 38.1 Å². The number of aliphatic hydroxyl groups excluding tert-OH is 1. The summed E-state index contributed by atoms with van der Waals surface area (Å²) in [6.45, 7) is 6.17. The zero-order chi connectivity index (χ0) is 20.5. The number of β-amino-alcohol motifs (C(OH)–C–C–N with tert-alkyl or cyclic N) is 1. The van der Waals surface area contributed by atoms with Gasteiger partial charge in [-0.3, -0.25) is 4.79 Å². The predicted octanol–water partition coefficient (Wildman–Crippen LogP) is 3.21. The Morgan fingerprint density at radius 2 is 1.93 bits per heavy atom. The molecule has 0 aliphatic carbocycles. The summed E-state index contributed by atoms with van der Waals surface area (Å²) in [6.07, 6.45) is 0.785. The van der Waals surface area contributed by atoms with E-state index in [9.17, 15) is 9.90 Å². The smallest absolute Gasteiger partial charge is 0.245 e. The van der Waals surface area contributed by atoms with Gasteiger partial charge in [-0.15, -0.1) is 0 Å². The normalized spacial score (nSPS) is 21.2. The molecule has 0 bridgehead atoms. The molecular formula is C24H27N3O2. The highest BCUT2D eigenvalue weighted by Crippen LogP contribution is 2.30. The van der Waals surface area contributed by atoms with E-state index in [1.807, 2.05) is 21.9 Å². The van der Waals surface area contributed by atoms with Gasteiger partial charge in [-0.2, -0.15) is 5.26 Å². The molecular weight excluding hydrogens is 362 g/mol. The van der Waals surface area contributed by atoms with E-state index >= 15 is 0 Å². The monoisotopic (exact) mass is 389 g/mol. The van der Waals surface area contributed by atoms with E-state index in [1.165, 1.54) is 16.7 Å². The first-order valence-electron chi connectivity index (χ1n) is 10.3. The number of anilines is 1. The Labute approximate surface area is 172 Å². The van der Waals surface area contributed by atoms with Gasteiger partial charge in [-0.1, -0.05) is 32.0 Å². The molecule has 29 heavy (non-hydrogen) atoms. The summed E-state index contributed by atoms with van der Waals surface area (Å²) in [5, 5.41) is 19.3. The number of benzene rings is 2. The van der Waals surface area contributed by atoms with E-state index in [1.54, 1.807) is 12.1 Å². The first-order chi connectivity index (χ1) is 14.0. The Bertz CT molecular complexity index is 946. The molecule has 0 saturated carbocycles. The second-order valence-electron chi connectivity index (χ2n) is 8.41. The molecule has 1 saturated heterocycles. The number of aliphatic hydroxyl groups is 1. The minimum Gasteiger partial charge on any atom is -0.391 e. The largest absolute Gasteiger partial charge is 0.391 e. The highest BCUT2D eigenvalue weighted by atomic mass is 16.3. The Morgan fingerprint density at radius 3 is 2.62 bits per heavy atom. The molecule has 2 atom stereocenters. The summed E-state index contributed by atoms with van der Waals surface area (Å²) in [5.74, 6) is 0.574. The molecule has 0 aromatic heterocycles. The Kier molecular flexibility index (Phi) is 5.29. The van der Waals surface area contributed by atoms with Gasteiger partial charge in [0, 0.05) is 31.7 Å². The molecule has 1 fully saturated rings. The quantitative estimate of drug-likeness (QED) is 0.875. The summed E-state index contributed by atoms with van der Waals surface area (Å²) in [6, 6.07) is 15.6. The number of hydrogen-bond acceptors (Lipinski definition) is 4. The van der Waals surface area contributed by atoms with Gasteiger partial charge in [0.05, 0.1) is 17.7 Å². The summed E-state index contributed by atoms with van der Waals surface area (Å²) in [7, 11) is 0. The van der Waals surface area contributed by atoms with Crippen LogP contribution in [-0.2, 0) is 17.8 Å². The van der Waals surface area contributed by atoms with Crippen molar-refractivity contribution in [1.29, 1.82) is 5.26 Å². The summed E-state index contributed by atoms with van der Waals surface area (Å²) < 4.78 is 0. The second-order valence-corrected chi connectivity index (χ2v) is 8.41. The average molecular weight is 389 g/mol. The Hall–Kier alpha value is -2.84. The summed E-state index contributed by atoms with van der Waals surface area (Å²) >= 11 is 0. The third kappa shape index (κ3) is 3.86. The van der Waals surface area contributed by atoms with Crippen LogP contribution in [0.1, 0.15) is 48.4 Å². The van der Waals surface area contributed by atoms with Crippen molar-refractivity contribution in [3.8, 4) is 6.07 Å². The van der Waals surface area contributed by atoms with Gasteiger partial charge in [0.15, 0.2) is 0 Å². The van der Waals surface area contributed by atoms with Crippen molar-refractivity contribution in [2.75, 3.05) is 18.0 Å². The number of carbonyl (C=O) groups is 1. The van der Waals surface area contributed by atoms with Gasteiger partial charge >= 0.3 is 0 Å². The van der Waals surface area contributed by atoms with E-state index < -0.39 is 6.10 Å². The summed E-state index contributed by atoms with van der Waals surface area (Å²) in [5.41, 5.74) is 5.37. The minimum atomic E-state index is -0.523. The van der Waals surface area contributed by atoms with Crippen LogP contribution in [-0.4, -0.2) is 41.1 Å². The fraction of sp³-hybridized carbons (Fsp3) is 0.417. The number of rotatable bonds is 3. The van der Waals surface area contributed by atoms with Crippen LogP contribution in [0.2, 0.25) is 0 Å². The lowest BCUT2D eigenvalue weighted by atomic mass is 9.93. The average Bonchev–Trinajstić information content (AvgIpc) is 3.14. The summed E-state index contributed by atoms with van der Waals surface area (Å²) in [4.78, 5) is 17.3. The van der Waals surface area contributed by atoms with Crippen LogP contribution in [0.3, 0.4) is 0 Å². The number of hydrogen-bond donors (Lipinski definition) is 1. The van der Waals surface area contributed by atoms with Gasteiger partial charge in [-0.25, -0.2) is 0 Å². The van der Waals surface area contributed by atoms with Crippen molar-refractivity contribution in [2.24, 2.45) is 0 Å². The molecule has 2 aliphatic heterocycles. The van der Waals surface area contributed by atoms with E-state index in [-0.39, 0.29) is 11.9 Å². The first-order valence-corrected chi connectivity index (χ1v) is 10.3. The van der Waals surface area contributed by atoms with Crippen molar-refractivity contribution < 1.29 is 9.90 Å². The van der Waals surface area contributed by atoms with E-state index in [0.29, 0.717) is 37.5 Å². The molecule has 0 radical (unpaired) electrons. The standard InChI is InChI=1S/C24H27N3O2/c1-16(2)18-5-6-20-14-26(10-9-19(20)11-18)24(29)23-12-22(28)15-27(23)21-7-3-17(13-25)4-8-21/h3-8,11,16,22-23,28H,9-10,12,14-15H2,1-2H3. The van der Waals surface area contributed by atoms with Gasteiger partial charge in [0.2, 0.25) is 5.91 Å². The predicted molar refractivity (Wildman–Crippen MR) is 113 cm³/mol. The lowest BCUT2D eigenvalue weighted by Gasteiger charge is -2.34. The molecule has 1 N–H and O–H groups in total. The highest BCUT2D eigenvalue weighted by molar-refractivity contribution is 5.86. The van der Waals surface area contributed by atoms with Crippen molar-refractivity contribution in [3.63, 3.8) is 0 Å². The van der Waals surface area contributed by atoms with Gasteiger partial charge < -0.3 is 14.9 Å². The maximum Gasteiger partial charge on any atom is 0.245 e. The molecule has 2 aromatic carbocycles. The third-order valence-corrected chi connectivity index (χ3v) is 6.11. The number of carbonyl (C=O) groups excluding carboxylic acids is 1. The molecule has 0 spiro atoms. The number of fused-ring (bicyclic) bond motifs is 1. The number of amides is 1. The van der Waals surface area contributed by atoms with Gasteiger partial charge in [-0.05, 0) is 53.3 Å². The number of nitrogens with zero attached hydrogens (tertiary/aromatic N) is 3. The van der Waals surface area contributed by atoms with Crippen LogP contribution in [0.25, 0.3) is 0 Å². The molecule has 2 heterocycles. The van der Waals surface area contributed by atoms with E-state index in [4.69, 9.17) is 5.26 Å². The molecule has 2 unspecified atom stereocenters.